The van der Waals surface area contributed by atoms with Gasteiger partial charge >= 0.3 is 0 Å². The molecule has 112 valence electrons. The van der Waals surface area contributed by atoms with Crippen LogP contribution in [-0.4, -0.2) is 24.5 Å². The predicted molar refractivity (Wildman–Crippen MR) is 81.1 cm³/mol. The molecule has 0 aromatic carbocycles. The Bertz CT molecular complexity index is 260. The summed E-state index contributed by atoms with van der Waals surface area (Å²) in [4.78, 5) is 12.3. The number of rotatable bonds is 7. The average molecular weight is 268 g/mol. The van der Waals surface area contributed by atoms with Gasteiger partial charge in [-0.05, 0) is 57.0 Å². The summed E-state index contributed by atoms with van der Waals surface area (Å²) in [5, 5.41) is 6.68. The molecule has 3 nitrogen and oxygen atoms in total. The van der Waals surface area contributed by atoms with Crippen molar-refractivity contribution in [2.75, 3.05) is 13.1 Å². The van der Waals surface area contributed by atoms with Gasteiger partial charge in [0.15, 0.2) is 0 Å². The van der Waals surface area contributed by atoms with Crippen molar-refractivity contribution in [1.82, 2.24) is 10.6 Å². The van der Waals surface area contributed by atoms with E-state index in [1.165, 1.54) is 12.8 Å². The molecule has 0 bridgehead atoms. The molecule has 0 spiro atoms. The minimum atomic E-state index is 0.0188. The Balaban J connectivity index is 2.44. The molecule has 1 rings (SSSR count). The smallest absolute Gasteiger partial charge is 0.220 e. The van der Waals surface area contributed by atoms with Gasteiger partial charge in [0.1, 0.15) is 0 Å². The van der Waals surface area contributed by atoms with Crippen molar-refractivity contribution < 1.29 is 4.79 Å². The Kier molecular flexibility index (Phi) is 6.84. The fourth-order valence-corrected chi connectivity index (χ4v) is 3.23. The van der Waals surface area contributed by atoms with E-state index < -0.39 is 0 Å². The molecule has 3 heteroatoms. The lowest BCUT2D eigenvalue weighted by Crippen LogP contribution is -2.47. The summed E-state index contributed by atoms with van der Waals surface area (Å²) >= 11 is 0. The minimum Gasteiger partial charge on any atom is -0.351 e. The zero-order valence-corrected chi connectivity index (χ0v) is 13.2. The summed E-state index contributed by atoms with van der Waals surface area (Å²) in [5.74, 6) is 1.47. The van der Waals surface area contributed by atoms with Crippen LogP contribution in [0, 0.1) is 11.8 Å². The van der Waals surface area contributed by atoms with Crippen LogP contribution in [0.5, 0.6) is 0 Å². The van der Waals surface area contributed by atoms with Gasteiger partial charge in [-0.1, -0.05) is 27.7 Å². The molecule has 1 aliphatic rings. The number of piperidine rings is 1. The molecule has 0 aliphatic carbocycles. The van der Waals surface area contributed by atoms with Gasteiger partial charge in [-0.2, -0.15) is 0 Å². The summed E-state index contributed by atoms with van der Waals surface area (Å²) in [7, 11) is 0. The molecular formula is C16H32N2O. The quantitative estimate of drug-likeness (QED) is 0.745. The maximum absolute atomic E-state index is 12.3. The average Bonchev–Trinajstić information content (AvgIpc) is 2.46. The van der Waals surface area contributed by atoms with Crippen molar-refractivity contribution in [2.45, 2.75) is 71.8 Å². The van der Waals surface area contributed by atoms with Crippen LogP contribution in [0.4, 0.5) is 0 Å². The van der Waals surface area contributed by atoms with Crippen molar-refractivity contribution in [1.29, 1.82) is 0 Å². The number of hydrogen-bond donors (Lipinski definition) is 2. The van der Waals surface area contributed by atoms with Crippen LogP contribution >= 0.6 is 0 Å². The Morgan fingerprint density at radius 1 is 1.21 bits per heavy atom. The number of amides is 1. The van der Waals surface area contributed by atoms with Crippen molar-refractivity contribution >= 4 is 5.91 Å². The Morgan fingerprint density at radius 3 is 2.21 bits per heavy atom. The second-order valence-electron chi connectivity index (χ2n) is 6.16. The molecule has 1 heterocycles. The number of carbonyl (C=O) groups excluding carboxylic acids is 1. The highest BCUT2D eigenvalue weighted by atomic mass is 16.1. The molecule has 1 fully saturated rings. The number of nitrogens with one attached hydrogen (secondary N) is 2. The molecule has 1 saturated heterocycles. The molecule has 1 unspecified atom stereocenters. The lowest BCUT2D eigenvalue weighted by molar-refractivity contribution is -0.124. The number of carbonyl (C=O) groups is 1. The number of hydrogen-bond acceptors (Lipinski definition) is 2. The van der Waals surface area contributed by atoms with Crippen LogP contribution in [0.3, 0.4) is 0 Å². The Hall–Kier alpha value is -0.570. The first-order valence-electron chi connectivity index (χ1n) is 8.08. The van der Waals surface area contributed by atoms with Crippen LogP contribution in [0.2, 0.25) is 0 Å². The SMILES string of the molecule is CCC(CC)(CC)NC(=O)CC(C)C1CCNCC1. The molecule has 0 aromatic heterocycles. The lowest BCUT2D eigenvalue weighted by Gasteiger charge is -2.33. The van der Waals surface area contributed by atoms with Gasteiger partial charge in [0, 0.05) is 12.0 Å². The van der Waals surface area contributed by atoms with Gasteiger partial charge in [0.2, 0.25) is 5.91 Å². The topological polar surface area (TPSA) is 41.1 Å². The van der Waals surface area contributed by atoms with Crippen LogP contribution in [0.1, 0.15) is 66.2 Å². The maximum Gasteiger partial charge on any atom is 0.220 e. The van der Waals surface area contributed by atoms with E-state index in [-0.39, 0.29) is 11.4 Å². The lowest BCUT2D eigenvalue weighted by atomic mass is 9.83. The van der Waals surface area contributed by atoms with Gasteiger partial charge in [0.25, 0.3) is 0 Å². The third-order valence-corrected chi connectivity index (χ3v) is 5.13. The fraction of sp³-hybridized carbons (Fsp3) is 0.938. The van der Waals surface area contributed by atoms with Crippen LogP contribution < -0.4 is 10.6 Å². The van der Waals surface area contributed by atoms with E-state index in [2.05, 4.69) is 38.3 Å². The Labute approximate surface area is 118 Å². The van der Waals surface area contributed by atoms with E-state index in [1.54, 1.807) is 0 Å². The summed E-state index contributed by atoms with van der Waals surface area (Å²) in [6.07, 6.45) is 6.19. The van der Waals surface area contributed by atoms with Gasteiger partial charge in [-0.25, -0.2) is 0 Å². The molecule has 19 heavy (non-hydrogen) atoms. The van der Waals surface area contributed by atoms with Gasteiger partial charge in [0.05, 0.1) is 0 Å². The highest BCUT2D eigenvalue weighted by molar-refractivity contribution is 5.77. The standard InChI is InChI=1S/C16H32N2O/c1-5-16(6-2,7-3)18-15(19)12-13(4)14-8-10-17-11-9-14/h13-14,17H,5-12H2,1-4H3,(H,18,19). The van der Waals surface area contributed by atoms with Crippen molar-refractivity contribution in [3.05, 3.63) is 0 Å². The predicted octanol–water partition coefficient (Wildman–Crippen LogP) is 3.10. The van der Waals surface area contributed by atoms with E-state index in [1.807, 2.05) is 0 Å². The highest BCUT2D eigenvalue weighted by Gasteiger charge is 2.28. The minimum absolute atomic E-state index is 0.0188. The summed E-state index contributed by atoms with van der Waals surface area (Å²) < 4.78 is 0. The molecular weight excluding hydrogens is 236 g/mol. The van der Waals surface area contributed by atoms with E-state index in [9.17, 15) is 4.79 Å². The Morgan fingerprint density at radius 2 is 1.74 bits per heavy atom. The van der Waals surface area contributed by atoms with E-state index >= 15 is 0 Å². The second-order valence-corrected chi connectivity index (χ2v) is 6.16. The van der Waals surface area contributed by atoms with Crippen molar-refractivity contribution in [2.24, 2.45) is 11.8 Å². The summed E-state index contributed by atoms with van der Waals surface area (Å²) in [6.45, 7) is 11.0. The normalized spacial score (nSPS) is 19.2. The van der Waals surface area contributed by atoms with Crippen LogP contribution in [0.25, 0.3) is 0 Å². The highest BCUT2D eigenvalue weighted by Crippen LogP contribution is 2.25. The van der Waals surface area contributed by atoms with Gasteiger partial charge in [-0.15, -0.1) is 0 Å². The zero-order valence-electron chi connectivity index (χ0n) is 13.2. The fourth-order valence-electron chi connectivity index (χ4n) is 3.23. The van der Waals surface area contributed by atoms with Crippen LogP contribution in [-0.2, 0) is 4.79 Å². The van der Waals surface area contributed by atoms with E-state index in [4.69, 9.17) is 0 Å². The maximum atomic E-state index is 12.3. The summed E-state index contributed by atoms with van der Waals surface area (Å²) in [5.41, 5.74) is 0.0188. The largest absolute Gasteiger partial charge is 0.351 e. The molecule has 1 aliphatic heterocycles. The molecule has 1 atom stereocenters. The molecule has 0 aromatic rings. The third-order valence-electron chi connectivity index (χ3n) is 5.13. The van der Waals surface area contributed by atoms with Gasteiger partial charge < -0.3 is 10.6 Å². The van der Waals surface area contributed by atoms with E-state index in [0.717, 1.165) is 32.4 Å². The molecule has 0 radical (unpaired) electrons. The van der Waals surface area contributed by atoms with Crippen molar-refractivity contribution in [3.63, 3.8) is 0 Å². The second kappa shape index (κ2) is 7.88. The third kappa shape index (κ3) is 4.79. The first kappa shape index (κ1) is 16.5. The van der Waals surface area contributed by atoms with E-state index in [0.29, 0.717) is 18.3 Å². The van der Waals surface area contributed by atoms with Crippen molar-refractivity contribution in [3.8, 4) is 0 Å². The van der Waals surface area contributed by atoms with Crippen LogP contribution in [0.15, 0.2) is 0 Å². The monoisotopic (exact) mass is 268 g/mol. The van der Waals surface area contributed by atoms with Gasteiger partial charge in [-0.3, -0.25) is 4.79 Å². The summed E-state index contributed by atoms with van der Waals surface area (Å²) in [6, 6.07) is 0. The molecule has 0 saturated carbocycles. The first-order chi connectivity index (χ1) is 9.06. The first-order valence-corrected chi connectivity index (χ1v) is 8.08. The molecule has 2 N–H and O–H groups in total. The molecule has 1 amide bonds. The zero-order chi connectivity index (χ0) is 14.3.